The first kappa shape index (κ1) is 18.1. The third-order valence-corrected chi connectivity index (χ3v) is 3.01. The van der Waals surface area contributed by atoms with Gasteiger partial charge in [-0.2, -0.15) is 0 Å². The van der Waals surface area contributed by atoms with E-state index in [0.717, 1.165) is 0 Å². The summed E-state index contributed by atoms with van der Waals surface area (Å²) in [5.41, 5.74) is 0.261. The first-order valence-electron chi connectivity index (χ1n) is 7.62. The second-order valence-corrected chi connectivity index (χ2v) is 6.29. The summed E-state index contributed by atoms with van der Waals surface area (Å²) in [5.74, 6) is -0.510. The molecule has 1 aromatic rings. The van der Waals surface area contributed by atoms with Crippen molar-refractivity contribution < 1.29 is 14.0 Å². The van der Waals surface area contributed by atoms with E-state index in [2.05, 4.69) is 10.6 Å². The van der Waals surface area contributed by atoms with Gasteiger partial charge in [0.2, 0.25) is 11.8 Å². The van der Waals surface area contributed by atoms with Crippen molar-refractivity contribution >= 4 is 11.8 Å². The van der Waals surface area contributed by atoms with Gasteiger partial charge in [-0.1, -0.05) is 45.9 Å². The van der Waals surface area contributed by atoms with E-state index in [1.165, 1.54) is 6.07 Å². The van der Waals surface area contributed by atoms with Crippen molar-refractivity contribution in [3.05, 3.63) is 35.6 Å². The monoisotopic (exact) mass is 308 g/mol. The lowest BCUT2D eigenvalue weighted by Gasteiger charge is -2.22. The van der Waals surface area contributed by atoms with E-state index >= 15 is 0 Å². The average Bonchev–Trinajstić information content (AvgIpc) is 2.36. The molecule has 0 radical (unpaired) electrons. The molecule has 0 aliphatic carbocycles. The molecule has 0 unspecified atom stereocenters. The van der Waals surface area contributed by atoms with Crippen molar-refractivity contribution in [1.29, 1.82) is 0 Å². The van der Waals surface area contributed by atoms with Crippen LogP contribution in [0, 0.1) is 17.7 Å². The van der Waals surface area contributed by atoms with Crippen LogP contribution in [-0.4, -0.2) is 11.8 Å². The molecule has 1 aromatic carbocycles. The van der Waals surface area contributed by atoms with Crippen LogP contribution in [0.5, 0.6) is 0 Å². The summed E-state index contributed by atoms with van der Waals surface area (Å²) in [7, 11) is 0. The van der Waals surface area contributed by atoms with Gasteiger partial charge < -0.3 is 10.6 Å². The van der Waals surface area contributed by atoms with Crippen LogP contribution in [0.2, 0.25) is 0 Å². The lowest BCUT2D eigenvalue weighted by atomic mass is 10.1. The molecule has 4 nitrogen and oxygen atoms in total. The third-order valence-electron chi connectivity index (χ3n) is 3.01. The van der Waals surface area contributed by atoms with Crippen LogP contribution < -0.4 is 10.6 Å². The molecule has 0 saturated carbocycles. The highest BCUT2D eigenvalue weighted by atomic mass is 19.1. The Labute approximate surface area is 131 Å². The molecule has 2 amide bonds. The maximum Gasteiger partial charge on any atom is 0.222 e. The third kappa shape index (κ3) is 6.24. The topological polar surface area (TPSA) is 58.2 Å². The minimum absolute atomic E-state index is 0.188. The summed E-state index contributed by atoms with van der Waals surface area (Å²) < 4.78 is 14.0. The number of hydrogen-bond donors (Lipinski definition) is 2. The van der Waals surface area contributed by atoms with Crippen molar-refractivity contribution in [3.8, 4) is 0 Å². The van der Waals surface area contributed by atoms with Gasteiger partial charge in [-0.3, -0.25) is 9.59 Å². The summed E-state index contributed by atoms with van der Waals surface area (Å²) in [5, 5.41) is 5.40. The summed E-state index contributed by atoms with van der Waals surface area (Å²) in [6.45, 7) is 7.70. The van der Waals surface area contributed by atoms with E-state index in [4.69, 9.17) is 0 Å². The number of benzene rings is 1. The molecule has 5 heteroatoms. The van der Waals surface area contributed by atoms with E-state index in [1.807, 2.05) is 27.7 Å². The molecular weight excluding hydrogens is 283 g/mol. The number of halogens is 1. The van der Waals surface area contributed by atoms with Gasteiger partial charge in [0.05, 0.1) is 0 Å². The van der Waals surface area contributed by atoms with Gasteiger partial charge >= 0.3 is 0 Å². The highest BCUT2D eigenvalue weighted by molar-refractivity contribution is 5.79. The quantitative estimate of drug-likeness (QED) is 0.760. The highest BCUT2D eigenvalue weighted by Crippen LogP contribution is 2.16. The number of carbonyl (C=O) groups is 2. The Bertz CT molecular complexity index is 491. The number of nitrogens with one attached hydrogen (secondary N) is 2. The number of rotatable bonds is 7. The second-order valence-electron chi connectivity index (χ2n) is 6.29. The fourth-order valence-electron chi connectivity index (χ4n) is 2.08. The molecule has 0 atom stereocenters. The molecule has 2 N–H and O–H groups in total. The molecule has 0 heterocycles. The zero-order chi connectivity index (χ0) is 16.7. The van der Waals surface area contributed by atoms with Crippen LogP contribution in [0.15, 0.2) is 24.3 Å². The number of amides is 2. The standard InChI is InChI=1S/C17H25FN2O2/c1-11(2)9-15(21)19-17(20-16(22)10-12(3)4)13-7-5-6-8-14(13)18/h5-8,11-12,17H,9-10H2,1-4H3,(H,19,21)(H,20,22). The molecular formula is C17H25FN2O2. The van der Waals surface area contributed by atoms with Gasteiger partial charge in [0, 0.05) is 18.4 Å². The molecule has 0 saturated heterocycles. The molecule has 0 aliphatic heterocycles. The smallest absolute Gasteiger partial charge is 0.222 e. The maximum atomic E-state index is 14.0. The first-order valence-corrected chi connectivity index (χ1v) is 7.62. The summed E-state index contributed by atoms with van der Waals surface area (Å²) in [6.07, 6.45) is -0.200. The zero-order valence-electron chi connectivity index (χ0n) is 13.7. The summed E-state index contributed by atoms with van der Waals surface area (Å²) >= 11 is 0. The maximum absolute atomic E-state index is 14.0. The Kier molecular flexibility index (Phi) is 7.02. The first-order chi connectivity index (χ1) is 10.3. The molecule has 22 heavy (non-hydrogen) atoms. The lowest BCUT2D eigenvalue weighted by molar-refractivity contribution is -0.125. The van der Waals surface area contributed by atoms with E-state index in [0.29, 0.717) is 12.8 Å². The average molecular weight is 308 g/mol. The fraction of sp³-hybridized carbons (Fsp3) is 0.529. The highest BCUT2D eigenvalue weighted by Gasteiger charge is 2.20. The molecule has 0 fully saturated rings. The largest absolute Gasteiger partial charge is 0.332 e. The van der Waals surface area contributed by atoms with Crippen LogP contribution in [0.3, 0.4) is 0 Å². The fourth-order valence-corrected chi connectivity index (χ4v) is 2.08. The van der Waals surface area contributed by atoms with Crippen molar-refractivity contribution in [3.63, 3.8) is 0 Å². The lowest BCUT2D eigenvalue weighted by Crippen LogP contribution is -2.42. The number of hydrogen-bond acceptors (Lipinski definition) is 2. The normalized spacial score (nSPS) is 11.1. The second kappa shape index (κ2) is 8.51. The van der Waals surface area contributed by atoms with Crippen molar-refractivity contribution in [1.82, 2.24) is 10.6 Å². The van der Waals surface area contributed by atoms with Gasteiger partial charge in [0.25, 0.3) is 0 Å². The minimum Gasteiger partial charge on any atom is -0.332 e. The van der Waals surface area contributed by atoms with Crippen molar-refractivity contribution in [2.75, 3.05) is 0 Å². The van der Waals surface area contributed by atoms with Gasteiger partial charge in [0.15, 0.2) is 0 Å². The Morgan fingerprint density at radius 3 is 1.82 bits per heavy atom. The Morgan fingerprint density at radius 1 is 0.955 bits per heavy atom. The van der Waals surface area contributed by atoms with Crippen molar-refractivity contribution in [2.45, 2.75) is 46.7 Å². The molecule has 0 spiro atoms. The SMILES string of the molecule is CC(C)CC(=O)NC(NC(=O)CC(C)C)c1ccccc1F. The van der Waals surface area contributed by atoms with Crippen LogP contribution in [0.4, 0.5) is 4.39 Å². The predicted molar refractivity (Wildman–Crippen MR) is 84.3 cm³/mol. The van der Waals surface area contributed by atoms with E-state index in [1.54, 1.807) is 18.2 Å². The Hall–Kier alpha value is -1.91. The van der Waals surface area contributed by atoms with Gasteiger partial charge in [0.1, 0.15) is 12.0 Å². The molecule has 0 aliphatic rings. The molecule has 122 valence electrons. The summed E-state index contributed by atoms with van der Waals surface area (Å²) in [6, 6.07) is 6.12. The van der Waals surface area contributed by atoms with Crippen LogP contribution >= 0.6 is 0 Å². The van der Waals surface area contributed by atoms with Crippen LogP contribution in [-0.2, 0) is 9.59 Å². The Balaban J connectivity index is 2.88. The number of carbonyl (C=O) groups excluding carboxylic acids is 2. The van der Waals surface area contributed by atoms with Gasteiger partial charge in [-0.05, 0) is 17.9 Å². The van der Waals surface area contributed by atoms with Crippen molar-refractivity contribution in [2.24, 2.45) is 11.8 Å². The zero-order valence-corrected chi connectivity index (χ0v) is 13.7. The van der Waals surface area contributed by atoms with Crippen LogP contribution in [0.1, 0.15) is 52.3 Å². The molecule has 1 rings (SSSR count). The van der Waals surface area contributed by atoms with Crippen LogP contribution in [0.25, 0.3) is 0 Å². The van der Waals surface area contributed by atoms with Gasteiger partial charge in [-0.25, -0.2) is 4.39 Å². The summed E-state index contributed by atoms with van der Waals surface area (Å²) in [4.78, 5) is 23.9. The predicted octanol–water partition coefficient (Wildman–Crippen LogP) is 3.15. The Morgan fingerprint density at radius 2 is 1.41 bits per heavy atom. The van der Waals surface area contributed by atoms with E-state index < -0.39 is 12.0 Å². The van der Waals surface area contributed by atoms with E-state index in [-0.39, 0.29) is 29.2 Å². The minimum atomic E-state index is -0.848. The molecule has 0 bridgehead atoms. The molecule has 0 aromatic heterocycles. The van der Waals surface area contributed by atoms with E-state index in [9.17, 15) is 14.0 Å². The van der Waals surface area contributed by atoms with Gasteiger partial charge in [-0.15, -0.1) is 0 Å².